The third-order valence-electron chi connectivity index (χ3n) is 3.48. The van der Waals surface area contributed by atoms with Crippen molar-refractivity contribution in [3.8, 4) is 0 Å². The quantitative estimate of drug-likeness (QED) is 0.896. The summed E-state index contributed by atoms with van der Waals surface area (Å²) in [6.45, 7) is 0. The van der Waals surface area contributed by atoms with E-state index in [1.165, 1.54) is 29.7 Å². The molecule has 1 aliphatic carbocycles. The number of hydrogen-bond donors (Lipinski definition) is 1. The van der Waals surface area contributed by atoms with E-state index in [1.807, 2.05) is 30.7 Å². The van der Waals surface area contributed by atoms with Crippen molar-refractivity contribution in [3.63, 3.8) is 0 Å². The topological polar surface area (TPSA) is 25.2 Å². The molecule has 0 saturated heterocycles. The van der Waals surface area contributed by atoms with E-state index in [4.69, 9.17) is 4.42 Å². The van der Waals surface area contributed by atoms with Crippen LogP contribution >= 0.6 is 11.3 Å². The molecule has 0 saturated carbocycles. The number of aryl methyl sites for hydroxylation is 2. The maximum Gasteiger partial charge on any atom is 0.0935 e. The standard InChI is InChI=1S/C14H17NOS/c1-15-12(7-10-5-6-16-9-10)14-8-11-3-2-4-13(11)17-14/h5-6,8-9,12,15H,2-4,7H2,1H3. The molecule has 2 aromatic rings. The molecule has 1 unspecified atom stereocenters. The molecule has 0 bridgehead atoms. The van der Waals surface area contributed by atoms with Crippen LogP contribution in [0.2, 0.25) is 0 Å². The van der Waals surface area contributed by atoms with Crippen LogP contribution in [-0.2, 0) is 19.3 Å². The first-order valence-electron chi connectivity index (χ1n) is 6.16. The Bertz CT molecular complexity index is 465. The van der Waals surface area contributed by atoms with Gasteiger partial charge in [0, 0.05) is 15.8 Å². The van der Waals surface area contributed by atoms with Crippen molar-refractivity contribution in [1.82, 2.24) is 5.32 Å². The molecular formula is C14H17NOS. The summed E-state index contributed by atoms with van der Waals surface area (Å²) >= 11 is 1.98. The lowest BCUT2D eigenvalue weighted by Gasteiger charge is -2.13. The van der Waals surface area contributed by atoms with Gasteiger partial charge in [-0.15, -0.1) is 11.3 Å². The van der Waals surface area contributed by atoms with E-state index in [0.29, 0.717) is 6.04 Å². The first-order chi connectivity index (χ1) is 8.36. The van der Waals surface area contributed by atoms with Gasteiger partial charge in [0.15, 0.2) is 0 Å². The van der Waals surface area contributed by atoms with Crippen molar-refractivity contribution >= 4 is 11.3 Å². The number of nitrogens with one attached hydrogen (secondary N) is 1. The van der Waals surface area contributed by atoms with E-state index in [9.17, 15) is 0 Å². The van der Waals surface area contributed by atoms with Gasteiger partial charge in [0.25, 0.3) is 0 Å². The zero-order valence-electron chi connectivity index (χ0n) is 10.0. The second kappa shape index (κ2) is 4.67. The molecule has 3 rings (SSSR count). The molecule has 0 aliphatic heterocycles. The average Bonchev–Trinajstić information content (AvgIpc) is 3.01. The highest BCUT2D eigenvalue weighted by atomic mass is 32.1. The Hall–Kier alpha value is -1.06. The predicted molar refractivity (Wildman–Crippen MR) is 70.6 cm³/mol. The number of thiophene rings is 1. The Labute approximate surface area is 106 Å². The molecule has 0 spiro atoms. The van der Waals surface area contributed by atoms with Gasteiger partial charge in [0.1, 0.15) is 0 Å². The molecule has 0 amide bonds. The lowest BCUT2D eigenvalue weighted by Crippen LogP contribution is -2.17. The lowest BCUT2D eigenvalue weighted by molar-refractivity contribution is 0.553. The predicted octanol–water partition coefficient (Wildman–Crippen LogP) is 3.33. The zero-order valence-corrected chi connectivity index (χ0v) is 10.8. The summed E-state index contributed by atoms with van der Waals surface area (Å²) in [5.74, 6) is 0. The van der Waals surface area contributed by atoms with Gasteiger partial charge in [-0.05, 0) is 56.0 Å². The summed E-state index contributed by atoms with van der Waals surface area (Å²) in [6.07, 6.45) is 8.48. The average molecular weight is 247 g/mol. The van der Waals surface area contributed by atoms with Gasteiger partial charge in [0.05, 0.1) is 12.5 Å². The maximum atomic E-state index is 5.13. The first kappa shape index (κ1) is 11.1. The minimum absolute atomic E-state index is 0.420. The van der Waals surface area contributed by atoms with E-state index in [-0.39, 0.29) is 0 Å². The van der Waals surface area contributed by atoms with Crippen molar-refractivity contribution in [1.29, 1.82) is 0 Å². The van der Waals surface area contributed by atoms with Crippen molar-refractivity contribution in [2.75, 3.05) is 7.05 Å². The number of fused-ring (bicyclic) bond motifs is 1. The van der Waals surface area contributed by atoms with Crippen molar-refractivity contribution < 1.29 is 4.42 Å². The van der Waals surface area contributed by atoms with Crippen LogP contribution in [0.25, 0.3) is 0 Å². The van der Waals surface area contributed by atoms with Gasteiger partial charge in [-0.3, -0.25) is 0 Å². The van der Waals surface area contributed by atoms with E-state index >= 15 is 0 Å². The van der Waals surface area contributed by atoms with E-state index in [0.717, 1.165) is 6.42 Å². The Balaban J connectivity index is 1.80. The fourth-order valence-electron chi connectivity index (χ4n) is 2.51. The molecule has 2 heterocycles. The Kier molecular flexibility index (Phi) is 3.04. The molecule has 0 fully saturated rings. The Morgan fingerprint density at radius 3 is 3.12 bits per heavy atom. The van der Waals surface area contributed by atoms with Gasteiger partial charge in [-0.2, -0.15) is 0 Å². The van der Waals surface area contributed by atoms with Gasteiger partial charge in [-0.25, -0.2) is 0 Å². The third kappa shape index (κ3) is 2.17. The van der Waals surface area contributed by atoms with Crippen molar-refractivity contribution in [2.24, 2.45) is 0 Å². The van der Waals surface area contributed by atoms with E-state index in [2.05, 4.69) is 11.4 Å². The fourth-order valence-corrected chi connectivity index (χ4v) is 3.88. The van der Waals surface area contributed by atoms with Gasteiger partial charge in [0.2, 0.25) is 0 Å². The molecule has 3 heteroatoms. The molecule has 0 aromatic carbocycles. The summed E-state index contributed by atoms with van der Waals surface area (Å²) in [4.78, 5) is 3.07. The fraction of sp³-hybridized carbons (Fsp3) is 0.429. The minimum atomic E-state index is 0.420. The molecule has 1 atom stereocenters. The highest BCUT2D eigenvalue weighted by Gasteiger charge is 2.19. The monoisotopic (exact) mass is 247 g/mol. The number of rotatable bonds is 4. The number of furan rings is 1. The van der Waals surface area contributed by atoms with Gasteiger partial charge >= 0.3 is 0 Å². The maximum absolute atomic E-state index is 5.13. The zero-order chi connectivity index (χ0) is 11.7. The van der Waals surface area contributed by atoms with Crippen LogP contribution in [0.15, 0.2) is 29.1 Å². The Morgan fingerprint density at radius 2 is 2.41 bits per heavy atom. The van der Waals surface area contributed by atoms with Crippen LogP contribution in [0, 0.1) is 0 Å². The highest BCUT2D eigenvalue weighted by Crippen LogP contribution is 2.34. The van der Waals surface area contributed by atoms with Crippen LogP contribution in [0.5, 0.6) is 0 Å². The molecular weight excluding hydrogens is 230 g/mol. The highest BCUT2D eigenvalue weighted by molar-refractivity contribution is 7.12. The minimum Gasteiger partial charge on any atom is -0.472 e. The molecule has 90 valence electrons. The van der Waals surface area contributed by atoms with E-state index in [1.54, 1.807) is 16.7 Å². The van der Waals surface area contributed by atoms with Crippen LogP contribution in [0.1, 0.15) is 33.3 Å². The third-order valence-corrected chi connectivity index (χ3v) is 4.83. The summed E-state index contributed by atoms with van der Waals surface area (Å²) in [5.41, 5.74) is 2.84. The Morgan fingerprint density at radius 1 is 1.47 bits per heavy atom. The molecule has 1 N–H and O–H groups in total. The van der Waals surface area contributed by atoms with Crippen molar-refractivity contribution in [2.45, 2.75) is 31.7 Å². The van der Waals surface area contributed by atoms with E-state index < -0.39 is 0 Å². The SMILES string of the molecule is CNC(Cc1ccoc1)c1cc2c(s1)CCC2. The molecule has 1 aliphatic rings. The molecule has 2 nitrogen and oxygen atoms in total. The van der Waals surface area contributed by atoms with Gasteiger partial charge in [-0.1, -0.05) is 0 Å². The van der Waals surface area contributed by atoms with Crippen molar-refractivity contribution in [3.05, 3.63) is 45.5 Å². The second-order valence-corrected chi connectivity index (χ2v) is 5.80. The van der Waals surface area contributed by atoms with Crippen LogP contribution < -0.4 is 5.32 Å². The second-order valence-electron chi connectivity index (χ2n) is 4.63. The first-order valence-corrected chi connectivity index (χ1v) is 6.98. The molecule has 0 radical (unpaired) electrons. The smallest absolute Gasteiger partial charge is 0.0935 e. The van der Waals surface area contributed by atoms with Crippen LogP contribution in [-0.4, -0.2) is 7.05 Å². The summed E-state index contributed by atoms with van der Waals surface area (Å²) in [6, 6.07) is 4.86. The summed E-state index contributed by atoms with van der Waals surface area (Å²) < 4.78 is 5.13. The lowest BCUT2D eigenvalue weighted by atomic mass is 10.1. The summed E-state index contributed by atoms with van der Waals surface area (Å²) in [5, 5.41) is 3.41. The van der Waals surface area contributed by atoms with Crippen LogP contribution in [0.3, 0.4) is 0 Å². The molecule has 2 aromatic heterocycles. The van der Waals surface area contributed by atoms with Crippen LogP contribution in [0.4, 0.5) is 0 Å². The normalized spacial score (nSPS) is 16.1. The van der Waals surface area contributed by atoms with Gasteiger partial charge < -0.3 is 9.73 Å². The largest absolute Gasteiger partial charge is 0.472 e. The molecule has 17 heavy (non-hydrogen) atoms. The summed E-state index contributed by atoms with van der Waals surface area (Å²) in [7, 11) is 2.04. The number of likely N-dealkylation sites (N-methyl/N-ethyl adjacent to an activating group) is 1. The number of hydrogen-bond acceptors (Lipinski definition) is 3.